The number of halogens is 17. The summed E-state index contributed by atoms with van der Waals surface area (Å²) < 4.78 is 224. The third kappa shape index (κ3) is 4.42. The summed E-state index contributed by atoms with van der Waals surface area (Å²) >= 11 is 0. The van der Waals surface area contributed by atoms with E-state index in [0.29, 0.717) is 0 Å². The fraction of sp³-hybridized carbons (Fsp3) is 0.786. The van der Waals surface area contributed by atoms with Crippen molar-refractivity contribution in [3.8, 4) is 0 Å². The molecule has 0 amide bonds. The van der Waals surface area contributed by atoms with Gasteiger partial charge in [-0.25, -0.2) is 4.79 Å². The second kappa shape index (κ2) is 8.35. The Hall–Kier alpha value is -1.98. The van der Waals surface area contributed by atoms with Crippen LogP contribution in [0.4, 0.5) is 74.6 Å². The Labute approximate surface area is 171 Å². The van der Waals surface area contributed by atoms with Crippen LogP contribution in [0.1, 0.15) is 13.3 Å². The first-order chi connectivity index (χ1) is 14.1. The number of esters is 1. The highest BCUT2D eigenvalue weighted by Crippen LogP contribution is 2.63. The van der Waals surface area contributed by atoms with Gasteiger partial charge in [0.25, 0.3) is 0 Å². The molecule has 0 aliphatic rings. The molecule has 0 bridgehead atoms. The van der Waals surface area contributed by atoms with Gasteiger partial charge in [-0.05, 0) is 6.42 Å². The van der Waals surface area contributed by atoms with Crippen LogP contribution >= 0.6 is 0 Å². The van der Waals surface area contributed by atoms with Gasteiger partial charge < -0.3 is 4.74 Å². The van der Waals surface area contributed by atoms with E-state index in [1.165, 1.54) is 0 Å². The summed E-state index contributed by atoms with van der Waals surface area (Å²) in [5.41, 5.74) is -0.785. The largest absolute Gasteiger partial charge is 0.460 e. The topological polar surface area (TPSA) is 26.3 Å². The summed E-state index contributed by atoms with van der Waals surface area (Å²) in [5, 5.41) is 0. The van der Waals surface area contributed by atoms with E-state index in [0.717, 1.165) is 6.92 Å². The monoisotopic (exact) mass is 532 g/mol. The quantitative estimate of drug-likeness (QED) is 0.182. The molecule has 0 radical (unpaired) electrons. The van der Waals surface area contributed by atoms with Gasteiger partial charge in [0, 0.05) is 5.57 Å². The van der Waals surface area contributed by atoms with Gasteiger partial charge in [-0.15, -0.1) is 0 Å². The molecular formula is C14H9F17O2. The fourth-order valence-electron chi connectivity index (χ4n) is 1.69. The molecule has 0 rings (SSSR count). The Kier molecular flexibility index (Phi) is 7.85. The molecule has 0 saturated heterocycles. The molecule has 2 nitrogen and oxygen atoms in total. The molecule has 0 aromatic carbocycles. The van der Waals surface area contributed by atoms with Gasteiger partial charge >= 0.3 is 53.6 Å². The van der Waals surface area contributed by atoms with Gasteiger partial charge in [-0.3, -0.25) is 0 Å². The van der Waals surface area contributed by atoms with Crippen molar-refractivity contribution in [2.75, 3.05) is 6.61 Å². The highest BCUT2D eigenvalue weighted by Gasteiger charge is 2.95. The van der Waals surface area contributed by atoms with E-state index in [4.69, 9.17) is 0 Å². The van der Waals surface area contributed by atoms with Crippen LogP contribution in [0.3, 0.4) is 0 Å². The first-order valence-electron chi connectivity index (χ1n) is 7.68. The summed E-state index contributed by atoms with van der Waals surface area (Å²) in [7, 11) is 0. The van der Waals surface area contributed by atoms with Crippen molar-refractivity contribution >= 4 is 5.97 Å². The maximum absolute atomic E-state index is 13.5. The smallest absolute Gasteiger partial charge is 0.456 e. The molecule has 0 spiro atoms. The van der Waals surface area contributed by atoms with Crippen molar-refractivity contribution in [2.24, 2.45) is 0 Å². The molecule has 0 fully saturated rings. The molecule has 0 aromatic rings. The van der Waals surface area contributed by atoms with Gasteiger partial charge in [-0.2, -0.15) is 74.6 Å². The van der Waals surface area contributed by atoms with Crippen LogP contribution in [0, 0.1) is 0 Å². The molecule has 19 heteroatoms. The highest BCUT2D eigenvalue weighted by molar-refractivity contribution is 5.87. The molecule has 33 heavy (non-hydrogen) atoms. The van der Waals surface area contributed by atoms with Crippen molar-refractivity contribution in [3.63, 3.8) is 0 Å². The second-order valence-corrected chi connectivity index (χ2v) is 6.18. The maximum Gasteiger partial charge on any atom is 0.460 e. The molecule has 0 aliphatic heterocycles. The third-order valence-electron chi connectivity index (χ3n) is 3.89. The van der Waals surface area contributed by atoms with Crippen LogP contribution in [0.2, 0.25) is 0 Å². The van der Waals surface area contributed by atoms with Crippen molar-refractivity contribution in [2.45, 2.75) is 61.0 Å². The maximum atomic E-state index is 13.5. The number of carbonyl (C=O) groups excluding carboxylic acids is 1. The summed E-state index contributed by atoms with van der Waals surface area (Å²) in [4.78, 5) is 11.0. The Morgan fingerprint density at radius 2 is 0.909 bits per heavy atom. The lowest BCUT2D eigenvalue weighted by atomic mass is 9.89. The predicted molar refractivity (Wildman–Crippen MR) is 71.1 cm³/mol. The predicted octanol–water partition coefficient (Wildman–Crippen LogP) is 6.51. The van der Waals surface area contributed by atoms with Crippen molar-refractivity contribution in [3.05, 3.63) is 12.2 Å². The molecule has 0 heterocycles. The van der Waals surface area contributed by atoms with Crippen LogP contribution in [0.15, 0.2) is 12.2 Å². The summed E-state index contributed by atoms with van der Waals surface area (Å²) in [5.74, 6) is -59.2. The lowest BCUT2D eigenvalue weighted by molar-refractivity contribution is -0.462. The van der Waals surface area contributed by atoms with Gasteiger partial charge in [0.15, 0.2) is 6.61 Å². The van der Waals surface area contributed by atoms with E-state index in [9.17, 15) is 79.4 Å². The zero-order valence-corrected chi connectivity index (χ0v) is 15.4. The Bertz CT molecular complexity index is 749. The van der Waals surface area contributed by atoms with Crippen molar-refractivity contribution in [1.82, 2.24) is 0 Å². The molecule has 0 N–H and O–H groups in total. The Morgan fingerprint density at radius 1 is 0.606 bits per heavy atom. The number of alkyl halides is 17. The fourth-order valence-corrected chi connectivity index (χ4v) is 1.69. The average Bonchev–Trinajstić information content (AvgIpc) is 2.63. The minimum Gasteiger partial charge on any atom is -0.456 e. The highest BCUT2D eigenvalue weighted by atomic mass is 19.4. The number of carbonyl (C=O) groups is 1. The first-order valence-corrected chi connectivity index (χ1v) is 7.68. The van der Waals surface area contributed by atoms with E-state index < -0.39 is 72.2 Å². The summed E-state index contributed by atoms with van der Waals surface area (Å²) in [6, 6.07) is 0. The van der Waals surface area contributed by atoms with Crippen LogP contribution in [0.25, 0.3) is 0 Å². The molecule has 0 atom stereocenters. The van der Waals surface area contributed by atoms with Crippen LogP contribution in [0.5, 0.6) is 0 Å². The van der Waals surface area contributed by atoms with Crippen molar-refractivity contribution in [1.29, 1.82) is 0 Å². The number of ether oxygens (including phenoxy) is 1. The van der Waals surface area contributed by atoms with Crippen LogP contribution in [-0.2, 0) is 9.53 Å². The molecule has 0 unspecified atom stereocenters. The number of hydrogen-bond acceptors (Lipinski definition) is 2. The van der Waals surface area contributed by atoms with E-state index in [1.807, 2.05) is 0 Å². The van der Waals surface area contributed by atoms with Crippen LogP contribution < -0.4 is 0 Å². The third-order valence-corrected chi connectivity index (χ3v) is 3.89. The van der Waals surface area contributed by atoms with Crippen LogP contribution in [-0.4, -0.2) is 60.2 Å². The van der Waals surface area contributed by atoms with Gasteiger partial charge in [-0.1, -0.05) is 13.5 Å². The number of rotatable bonds is 10. The summed E-state index contributed by atoms with van der Waals surface area (Å²) in [6.45, 7) is 0.619. The molecule has 0 aromatic heterocycles. The van der Waals surface area contributed by atoms with E-state index >= 15 is 0 Å². The molecule has 0 aliphatic carbocycles. The minimum atomic E-state index is -8.70. The molecule has 196 valence electrons. The van der Waals surface area contributed by atoms with Gasteiger partial charge in [0.05, 0.1) is 0 Å². The van der Waals surface area contributed by atoms with E-state index in [1.54, 1.807) is 0 Å². The summed E-state index contributed by atoms with van der Waals surface area (Å²) in [6.07, 6.45) is -8.24. The Balaban J connectivity index is 6.47. The zero-order valence-electron chi connectivity index (χ0n) is 15.4. The van der Waals surface area contributed by atoms with Gasteiger partial charge in [0.2, 0.25) is 0 Å². The van der Waals surface area contributed by atoms with E-state index in [-0.39, 0.29) is 0 Å². The first kappa shape index (κ1) is 31.0. The lowest BCUT2D eigenvalue weighted by Crippen LogP contribution is -2.74. The standard InChI is InChI=1S/C14H9F17O2/c1-3-5(2)6(32)33-4-7(15,16)8(17,18)9(19,20)10(21,22)11(23,24)12(25,26)13(27,28)14(29,30)31/h2-4H2,1H3. The van der Waals surface area contributed by atoms with Gasteiger partial charge in [0.1, 0.15) is 0 Å². The Morgan fingerprint density at radius 3 is 1.21 bits per heavy atom. The minimum absolute atomic E-state index is 0.427. The number of hydrogen-bond donors (Lipinski definition) is 0. The normalized spacial score (nSPS) is 15.5. The molecular weight excluding hydrogens is 523 g/mol. The average molecular weight is 532 g/mol. The zero-order chi connectivity index (χ0) is 27.3. The van der Waals surface area contributed by atoms with E-state index in [2.05, 4.69) is 11.3 Å². The second-order valence-electron chi connectivity index (χ2n) is 6.18. The molecule has 0 saturated carbocycles. The lowest BCUT2D eigenvalue weighted by Gasteiger charge is -2.42. The SMILES string of the molecule is C=C(CC)C(=O)OCC(F)(F)C(F)(F)C(F)(F)C(F)(F)C(F)(F)C(F)(F)C(F)(F)C(F)(F)F. The van der Waals surface area contributed by atoms with Crippen molar-refractivity contribution < 1.29 is 84.2 Å².